The van der Waals surface area contributed by atoms with Crippen molar-refractivity contribution in [2.75, 3.05) is 38.5 Å². The molecule has 0 radical (unpaired) electrons. The molecule has 6 nitrogen and oxygen atoms in total. The number of amides is 2. The summed E-state index contributed by atoms with van der Waals surface area (Å²) in [6.07, 6.45) is 0. The molecule has 20 heavy (non-hydrogen) atoms. The summed E-state index contributed by atoms with van der Waals surface area (Å²) in [5, 5.41) is 4.65. The number of carbonyl (C=O) groups is 2. The van der Waals surface area contributed by atoms with E-state index in [0.717, 1.165) is 26.2 Å². The van der Waals surface area contributed by atoms with Crippen molar-refractivity contribution >= 4 is 17.5 Å². The molecule has 108 valence electrons. The van der Waals surface area contributed by atoms with Crippen LogP contribution in [0, 0.1) is 0 Å². The Bertz CT molecular complexity index is 478. The van der Waals surface area contributed by atoms with E-state index in [1.54, 1.807) is 24.3 Å². The van der Waals surface area contributed by atoms with Gasteiger partial charge in [0, 0.05) is 37.4 Å². The average Bonchev–Trinajstić information content (AvgIpc) is 2.42. The Hall–Kier alpha value is -1.92. The van der Waals surface area contributed by atoms with Crippen LogP contribution in [0.3, 0.4) is 0 Å². The average molecular weight is 276 g/mol. The zero-order valence-corrected chi connectivity index (χ0v) is 11.8. The van der Waals surface area contributed by atoms with Crippen molar-refractivity contribution in [2.24, 2.45) is 0 Å². The lowest BCUT2D eigenvalue weighted by molar-refractivity contribution is 0.101. The quantitative estimate of drug-likeness (QED) is 0.814. The van der Waals surface area contributed by atoms with E-state index in [2.05, 4.69) is 22.7 Å². The number of hydrazine groups is 1. The Kier molecular flexibility index (Phi) is 4.70. The lowest BCUT2D eigenvalue weighted by Crippen LogP contribution is -2.53. The molecular formula is C14H20N4O2. The van der Waals surface area contributed by atoms with Crippen molar-refractivity contribution in [1.29, 1.82) is 0 Å². The van der Waals surface area contributed by atoms with Gasteiger partial charge in [0.15, 0.2) is 5.78 Å². The van der Waals surface area contributed by atoms with Crippen LogP contribution in [-0.2, 0) is 0 Å². The zero-order valence-electron chi connectivity index (χ0n) is 11.8. The molecule has 1 fully saturated rings. The maximum absolute atomic E-state index is 11.8. The first kappa shape index (κ1) is 14.5. The number of nitrogens with zero attached hydrogens (tertiary/aromatic N) is 2. The SMILES string of the molecule is CC(=O)c1ccc(NC(=O)NN2CCN(C)CC2)cc1. The molecule has 0 aromatic heterocycles. The molecule has 1 aromatic carbocycles. The number of carbonyl (C=O) groups excluding carboxylic acids is 2. The number of Topliss-reactive ketones (excluding diaryl/α,β-unsaturated/α-hetero) is 1. The normalized spacial score (nSPS) is 16.7. The fraction of sp³-hybridized carbons (Fsp3) is 0.429. The van der Waals surface area contributed by atoms with Gasteiger partial charge in [0.2, 0.25) is 0 Å². The molecule has 1 aliphatic heterocycles. The molecule has 2 rings (SSSR count). The van der Waals surface area contributed by atoms with E-state index in [1.807, 2.05) is 5.01 Å². The largest absolute Gasteiger partial charge is 0.333 e. The van der Waals surface area contributed by atoms with Gasteiger partial charge in [0.05, 0.1) is 0 Å². The minimum absolute atomic E-state index is 0.0124. The van der Waals surface area contributed by atoms with Crippen molar-refractivity contribution in [3.63, 3.8) is 0 Å². The van der Waals surface area contributed by atoms with Crippen LogP contribution in [0.4, 0.5) is 10.5 Å². The second-order valence-electron chi connectivity index (χ2n) is 4.99. The maximum atomic E-state index is 11.8. The molecule has 1 heterocycles. The van der Waals surface area contributed by atoms with Crippen LogP contribution in [0.1, 0.15) is 17.3 Å². The molecule has 0 atom stereocenters. The highest BCUT2D eigenvalue weighted by Crippen LogP contribution is 2.10. The van der Waals surface area contributed by atoms with Crippen LogP contribution in [-0.4, -0.2) is 54.9 Å². The molecule has 0 aliphatic carbocycles. The van der Waals surface area contributed by atoms with E-state index in [1.165, 1.54) is 6.92 Å². The van der Waals surface area contributed by atoms with Gasteiger partial charge in [-0.1, -0.05) is 0 Å². The number of urea groups is 1. The van der Waals surface area contributed by atoms with E-state index in [4.69, 9.17) is 0 Å². The summed E-state index contributed by atoms with van der Waals surface area (Å²) >= 11 is 0. The predicted octanol–water partition coefficient (Wildman–Crippen LogP) is 1.17. The molecule has 0 spiro atoms. The summed E-state index contributed by atoms with van der Waals surface area (Å²) in [6.45, 7) is 5.02. The van der Waals surface area contributed by atoms with Crippen LogP contribution in [0.25, 0.3) is 0 Å². The van der Waals surface area contributed by atoms with E-state index >= 15 is 0 Å². The fourth-order valence-corrected chi connectivity index (χ4v) is 2.01. The third-order valence-corrected chi connectivity index (χ3v) is 3.31. The highest BCUT2D eigenvalue weighted by molar-refractivity contribution is 5.95. The van der Waals surface area contributed by atoms with Gasteiger partial charge in [0.1, 0.15) is 0 Å². The van der Waals surface area contributed by atoms with Crippen LogP contribution in [0.15, 0.2) is 24.3 Å². The van der Waals surface area contributed by atoms with E-state index < -0.39 is 0 Å². The van der Waals surface area contributed by atoms with Crippen molar-refractivity contribution in [3.8, 4) is 0 Å². The Morgan fingerprint density at radius 3 is 2.20 bits per heavy atom. The topological polar surface area (TPSA) is 64.7 Å². The molecule has 0 unspecified atom stereocenters. The summed E-state index contributed by atoms with van der Waals surface area (Å²) in [5.74, 6) is 0.0124. The Balaban J connectivity index is 1.83. The van der Waals surface area contributed by atoms with Gasteiger partial charge in [-0.15, -0.1) is 0 Å². The Morgan fingerprint density at radius 1 is 1.05 bits per heavy atom. The summed E-state index contributed by atoms with van der Waals surface area (Å²) in [6, 6.07) is 6.59. The summed E-state index contributed by atoms with van der Waals surface area (Å²) < 4.78 is 0. The Morgan fingerprint density at radius 2 is 1.65 bits per heavy atom. The molecule has 6 heteroatoms. The van der Waals surface area contributed by atoms with Crippen LogP contribution in [0.2, 0.25) is 0 Å². The summed E-state index contributed by atoms with van der Waals surface area (Å²) in [7, 11) is 2.06. The lowest BCUT2D eigenvalue weighted by atomic mass is 10.1. The van der Waals surface area contributed by atoms with Crippen molar-refractivity contribution in [2.45, 2.75) is 6.92 Å². The highest BCUT2D eigenvalue weighted by atomic mass is 16.2. The molecule has 1 aliphatic rings. The fourth-order valence-electron chi connectivity index (χ4n) is 2.01. The number of likely N-dealkylation sites (N-methyl/N-ethyl adjacent to an activating group) is 1. The first-order valence-corrected chi connectivity index (χ1v) is 6.67. The molecule has 2 N–H and O–H groups in total. The molecule has 1 aromatic rings. The number of anilines is 1. The van der Waals surface area contributed by atoms with Crippen LogP contribution < -0.4 is 10.7 Å². The molecular weight excluding hydrogens is 256 g/mol. The summed E-state index contributed by atoms with van der Waals surface area (Å²) in [4.78, 5) is 25.2. The second kappa shape index (κ2) is 6.49. The van der Waals surface area contributed by atoms with Crippen LogP contribution in [0.5, 0.6) is 0 Å². The van der Waals surface area contributed by atoms with E-state index in [0.29, 0.717) is 11.3 Å². The third-order valence-electron chi connectivity index (χ3n) is 3.31. The number of ketones is 1. The maximum Gasteiger partial charge on any atom is 0.333 e. The zero-order chi connectivity index (χ0) is 14.5. The number of rotatable bonds is 3. The number of nitrogens with one attached hydrogen (secondary N) is 2. The van der Waals surface area contributed by atoms with Crippen molar-refractivity contribution < 1.29 is 9.59 Å². The number of piperazine rings is 1. The van der Waals surface area contributed by atoms with E-state index in [9.17, 15) is 9.59 Å². The molecule has 0 bridgehead atoms. The number of benzene rings is 1. The molecule has 0 saturated carbocycles. The third kappa shape index (κ3) is 4.04. The molecule has 1 saturated heterocycles. The van der Waals surface area contributed by atoms with Gasteiger partial charge in [-0.2, -0.15) is 0 Å². The first-order valence-electron chi connectivity index (χ1n) is 6.67. The van der Waals surface area contributed by atoms with Crippen molar-refractivity contribution in [1.82, 2.24) is 15.3 Å². The van der Waals surface area contributed by atoms with E-state index in [-0.39, 0.29) is 11.8 Å². The van der Waals surface area contributed by atoms with Crippen LogP contribution >= 0.6 is 0 Å². The minimum Gasteiger partial charge on any atom is -0.307 e. The highest BCUT2D eigenvalue weighted by Gasteiger charge is 2.15. The summed E-state index contributed by atoms with van der Waals surface area (Å²) in [5.41, 5.74) is 4.12. The number of hydrogen-bond donors (Lipinski definition) is 2. The van der Waals surface area contributed by atoms with Gasteiger partial charge < -0.3 is 10.2 Å². The minimum atomic E-state index is -0.259. The predicted molar refractivity (Wildman–Crippen MR) is 77.7 cm³/mol. The second-order valence-corrected chi connectivity index (χ2v) is 4.99. The Labute approximate surface area is 118 Å². The smallest absolute Gasteiger partial charge is 0.307 e. The first-order chi connectivity index (χ1) is 9.54. The number of hydrogen-bond acceptors (Lipinski definition) is 4. The monoisotopic (exact) mass is 276 g/mol. The van der Waals surface area contributed by atoms with Gasteiger partial charge in [-0.3, -0.25) is 10.2 Å². The van der Waals surface area contributed by atoms with Crippen molar-refractivity contribution in [3.05, 3.63) is 29.8 Å². The van der Waals surface area contributed by atoms with Gasteiger partial charge in [-0.25, -0.2) is 9.80 Å². The lowest BCUT2D eigenvalue weighted by Gasteiger charge is -2.32. The standard InChI is InChI=1S/C14H20N4O2/c1-11(19)12-3-5-13(6-4-12)15-14(20)16-18-9-7-17(2)8-10-18/h3-6H,7-10H2,1-2H3,(H2,15,16,20). The van der Waals surface area contributed by atoms with Gasteiger partial charge in [-0.05, 0) is 38.2 Å². The van der Waals surface area contributed by atoms with Gasteiger partial charge in [0.25, 0.3) is 0 Å². The molecule has 2 amide bonds. The van der Waals surface area contributed by atoms with Gasteiger partial charge >= 0.3 is 6.03 Å².